The van der Waals surface area contributed by atoms with Gasteiger partial charge in [-0.15, -0.1) is 11.3 Å². The highest BCUT2D eigenvalue weighted by Gasteiger charge is 2.40. The molecule has 1 amide bonds. The first-order valence-electron chi connectivity index (χ1n) is 9.50. The number of carbonyl (C=O) groups is 1. The van der Waals surface area contributed by atoms with Crippen LogP contribution in [0.4, 0.5) is 5.69 Å². The molecule has 2 aromatic heterocycles. The lowest BCUT2D eigenvalue weighted by Gasteiger charge is -2.23. The van der Waals surface area contributed by atoms with Crippen LogP contribution < -0.4 is 10.9 Å². The second-order valence-electron chi connectivity index (χ2n) is 7.15. The Labute approximate surface area is 187 Å². The minimum absolute atomic E-state index is 0.120. The smallest absolute Gasteiger partial charge is 0.264 e. The third kappa shape index (κ3) is 4.42. The normalized spacial score (nSPS) is 17.0. The lowest BCUT2D eigenvalue weighted by molar-refractivity contribution is -0.119. The number of nitrogens with one attached hydrogen (secondary N) is 2. The van der Waals surface area contributed by atoms with Crippen LogP contribution in [0.25, 0.3) is 10.6 Å². The van der Waals surface area contributed by atoms with Gasteiger partial charge in [-0.2, -0.15) is 9.40 Å². The average molecular weight is 479 g/mol. The number of aryl methyl sites for hydroxylation is 1. The molecular formula is C20H19ClN4O4S2. The number of carbonyl (C=O) groups excluding carboxylic acids is 1. The number of aromatic nitrogens is 2. The lowest BCUT2D eigenvalue weighted by Crippen LogP contribution is -2.42. The maximum Gasteiger partial charge on any atom is 0.264 e. The van der Waals surface area contributed by atoms with E-state index in [-0.39, 0.29) is 22.2 Å². The number of sulfonamides is 1. The maximum absolute atomic E-state index is 13.3. The topological polar surface area (TPSA) is 112 Å². The van der Waals surface area contributed by atoms with Gasteiger partial charge >= 0.3 is 0 Å². The van der Waals surface area contributed by atoms with Crippen LogP contribution in [-0.2, 0) is 14.8 Å². The molecule has 1 fully saturated rings. The van der Waals surface area contributed by atoms with Crippen LogP contribution in [0.3, 0.4) is 0 Å². The summed E-state index contributed by atoms with van der Waals surface area (Å²) < 4.78 is 27.9. The molecule has 4 rings (SSSR count). The third-order valence-electron chi connectivity index (χ3n) is 5.04. The lowest BCUT2D eigenvalue weighted by atomic mass is 10.1. The Morgan fingerprint density at radius 2 is 2.06 bits per heavy atom. The molecule has 1 aliphatic heterocycles. The number of aromatic amines is 1. The monoisotopic (exact) mass is 478 g/mol. The van der Waals surface area contributed by atoms with E-state index < -0.39 is 16.1 Å². The van der Waals surface area contributed by atoms with E-state index in [9.17, 15) is 18.0 Å². The van der Waals surface area contributed by atoms with E-state index in [1.807, 2.05) is 6.92 Å². The summed E-state index contributed by atoms with van der Waals surface area (Å²) in [5, 5.41) is 9.57. The predicted molar refractivity (Wildman–Crippen MR) is 120 cm³/mol. The molecule has 0 spiro atoms. The molecule has 1 aromatic carbocycles. The molecule has 0 radical (unpaired) electrons. The molecule has 0 saturated carbocycles. The number of amides is 1. The Bertz CT molecular complexity index is 1280. The first kappa shape index (κ1) is 21.7. The largest absolute Gasteiger partial charge is 0.324 e. The van der Waals surface area contributed by atoms with Crippen molar-refractivity contribution < 1.29 is 13.2 Å². The molecule has 11 heteroatoms. The standard InChI is InChI=1S/C20H19ClN4O4S2/c1-12-4-5-13(21)11-15(12)22-20(27)16-3-2-10-25(16)31(28,29)19-9-7-17(30-19)14-6-8-18(26)24-23-14/h4-9,11,16H,2-3,10H2,1H3,(H,22,27)(H,24,26)/t16-/m1/s1. The van der Waals surface area contributed by atoms with Gasteiger partial charge in [0, 0.05) is 23.3 Å². The summed E-state index contributed by atoms with van der Waals surface area (Å²) in [7, 11) is -3.87. The van der Waals surface area contributed by atoms with Crippen molar-refractivity contribution in [1.82, 2.24) is 14.5 Å². The first-order chi connectivity index (χ1) is 14.8. The van der Waals surface area contributed by atoms with Crippen LogP contribution in [0.5, 0.6) is 0 Å². The molecule has 2 N–H and O–H groups in total. The fourth-order valence-corrected chi connectivity index (χ4v) is 6.66. The van der Waals surface area contributed by atoms with E-state index in [0.29, 0.717) is 34.1 Å². The van der Waals surface area contributed by atoms with E-state index in [4.69, 9.17) is 11.6 Å². The van der Waals surface area contributed by atoms with Gasteiger partial charge in [0.2, 0.25) is 5.91 Å². The maximum atomic E-state index is 13.3. The van der Waals surface area contributed by atoms with Crippen molar-refractivity contribution in [3.05, 3.63) is 63.4 Å². The number of nitrogens with zero attached hydrogens (tertiary/aromatic N) is 2. The number of anilines is 1. The number of H-pyrrole nitrogens is 1. The number of benzene rings is 1. The number of thiophene rings is 1. The number of hydrogen-bond acceptors (Lipinski definition) is 6. The number of hydrogen-bond donors (Lipinski definition) is 2. The summed E-state index contributed by atoms with van der Waals surface area (Å²) >= 11 is 7.07. The summed E-state index contributed by atoms with van der Waals surface area (Å²) in [6, 6.07) is 10.3. The minimum Gasteiger partial charge on any atom is -0.324 e. The van der Waals surface area contributed by atoms with Crippen LogP contribution >= 0.6 is 22.9 Å². The van der Waals surface area contributed by atoms with E-state index in [0.717, 1.165) is 16.9 Å². The molecule has 1 aliphatic rings. The SMILES string of the molecule is Cc1ccc(Cl)cc1NC(=O)[C@H]1CCCN1S(=O)(=O)c1ccc(-c2ccc(=O)[nH]n2)s1. The zero-order chi connectivity index (χ0) is 22.2. The summed E-state index contributed by atoms with van der Waals surface area (Å²) in [6.07, 6.45) is 1.02. The fourth-order valence-electron chi connectivity index (χ4n) is 3.43. The van der Waals surface area contributed by atoms with Crippen molar-refractivity contribution in [3.8, 4) is 10.6 Å². The fraction of sp³-hybridized carbons (Fsp3) is 0.250. The second kappa shape index (κ2) is 8.54. The van der Waals surface area contributed by atoms with Gasteiger partial charge in [0.25, 0.3) is 15.6 Å². The van der Waals surface area contributed by atoms with Crippen molar-refractivity contribution in [2.24, 2.45) is 0 Å². The zero-order valence-electron chi connectivity index (χ0n) is 16.5. The van der Waals surface area contributed by atoms with Crippen molar-refractivity contribution >= 4 is 44.6 Å². The predicted octanol–water partition coefficient (Wildman–Crippen LogP) is 3.25. The summed E-state index contributed by atoms with van der Waals surface area (Å²) in [5.41, 5.74) is 1.53. The summed E-state index contributed by atoms with van der Waals surface area (Å²) in [6.45, 7) is 2.10. The van der Waals surface area contributed by atoms with Crippen LogP contribution in [0.15, 0.2) is 51.5 Å². The Balaban J connectivity index is 1.57. The van der Waals surface area contributed by atoms with Crippen molar-refractivity contribution in [3.63, 3.8) is 0 Å². The highest BCUT2D eigenvalue weighted by Crippen LogP contribution is 2.34. The van der Waals surface area contributed by atoms with E-state index in [1.54, 1.807) is 24.3 Å². The molecule has 3 heterocycles. The van der Waals surface area contributed by atoms with Gasteiger partial charge < -0.3 is 5.32 Å². The van der Waals surface area contributed by atoms with Gasteiger partial charge in [-0.25, -0.2) is 13.5 Å². The van der Waals surface area contributed by atoms with Crippen LogP contribution in [0.1, 0.15) is 18.4 Å². The molecule has 31 heavy (non-hydrogen) atoms. The summed E-state index contributed by atoms with van der Waals surface area (Å²) in [5.74, 6) is -0.384. The Kier molecular flexibility index (Phi) is 5.98. The van der Waals surface area contributed by atoms with Crippen molar-refractivity contribution in [2.75, 3.05) is 11.9 Å². The van der Waals surface area contributed by atoms with E-state index >= 15 is 0 Å². The molecule has 0 bridgehead atoms. The van der Waals surface area contributed by atoms with Gasteiger partial charge in [-0.3, -0.25) is 9.59 Å². The van der Waals surface area contributed by atoms with Crippen molar-refractivity contribution in [2.45, 2.75) is 30.0 Å². The highest BCUT2D eigenvalue weighted by molar-refractivity contribution is 7.91. The van der Waals surface area contributed by atoms with Gasteiger partial charge in [-0.1, -0.05) is 17.7 Å². The second-order valence-corrected chi connectivity index (χ2v) is 10.8. The molecule has 0 aliphatic carbocycles. The molecule has 8 nitrogen and oxygen atoms in total. The van der Waals surface area contributed by atoms with E-state index in [2.05, 4.69) is 15.5 Å². The quantitative estimate of drug-likeness (QED) is 0.584. The van der Waals surface area contributed by atoms with Gasteiger partial charge in [-0.05, 0) is 55.7 Å². The summed E-state index contributed by atoms with van der Waals surface area (Å²) in [4.78, 5) is 24.7. The third-order valence-corrected chi connectivity index (χ3v) is 8.76. The Morgan fingerprint density at radius 3 is 2.81 bits per heavy atom. The van der Waals surface area contributed by atoms with Gasteiger partial charge in [0.05, 0.1) is 4.88 Å². The number of halogens is 1. The van der Waals surface area contributed by atoms with Gasteiger partial charge in [0.15, 0.2) is 0 Å². The average Bonchev–Trinajstić information content (AvgIpc) is 3.42. The highest BCUT2D eigenvalue weighted by atomic mass is 35.5. The van der Waals surface area contributed by atoms with Gasteiger partial charge in [0.1, 0.15) is 15.9 Å². The van der Waals surface area contributed by atoms with Crippen LogP contribution in [0, 0.1) is 6.92 Å². The molecule has 1 saturated heterocycles. The molecule has 162 valence electrons. The van der Waals surface area contributed by atoms with E-state index in [1.165, 1.54) is 22.5 Å². The molecule has 1 atom stereocenters. The minimum atomic E-state index is -3.87. The molecule has 0 unspecified atom stereocenters. The Morgan fingerprint density at radius 1 is 1.26 bits per heavy atom. The van der Waals surface area contributed by atoms with Crippen LogP contribution in [0.2, 0.25) is 5.02 Å². The molecular weight excluding hydrogens is 460 g/mol. The Hall–Kier alpha value is -2.53. The van der Waals surface area contributed by atoms with Crippen LogP contribution in [-0.4, -0.2) is 41.4 Å². The first-order valence-corrected chi connectivity index (χ1v) is 12.1. The molecule has 3 aromatic rings. The zero-order valence-corrected chi connectivity index (χ0v) is 18.9. The number of rotatable bonds is 5. The van der Waals surface area contributed by atoms with Crippen molar-refractivity contribution in [1.29, 1.82) is 0 Å².